The van der Waals surface area contributed by atoms with Gasteiger partial charge >= 0.3 is 0 Å². The fourth-order valence-corrected chi connectivity index (χ4v) is 2.88. The molecule has 27 heavy (non-hydrogen) atoms. The van der Waals surface area contributed by atoms with Gasteiger partial charge in [0.1, 0.15) is 0 Å². The molecule has 0 heterocycles. The summed E-state index contributed by atoms with van der Waals surface area (Å²) in [7, 11) is 1.83. The SMILES string of the molecule is CCc1ccccc1NC(=O)CN(C)CCC(=O)NCc1ccccc1Cl. The number of likely N-dealkylation sites (N-methyl/N-ethyl adjacent to an activating group) is 1. The molecule has 0 radical (unpaired) electrons. The number of amides is 2. The number of halogens is 1. The molecule has 0 spiro atoms. The van der Waals surface area contributed by atoms with Crippen LogP contribution >= 0.6 is 11.6 Å². The summed E-state index contributed by atoms with van der Waals surface area (Å²) in [5, 5.41) is 6.43. The van der Waals surface area contributed by atoms with E-state index in [0.29, 0.717) is 24.5 Å². The highest BCUT2D eigenvalue weighted by molar-refractivity contribution is 6.31. The van der Waals surface area contributed by atoms with Crippen LogP contribution < -0.4 is 10.6 Å². The zero-order valence-corrected chi connectivity index (χ0v) is 16.6. The lowest BCUT2D eigenvalue weighted by atomic mass is 10.1. The normalized spacial score (nSPS) is 10.7. The van der Waals surface area contributed by atoms with Gasteiger partial charge < -0.3 is 10.6 Å². The summed E-state index contributed by atoms with van der Waals surface area (Å²) in [6, 6.07) is 15.2. The highest BCUT2D eigenvalue weighted by atomic mass is 35.5. The average Bonchev–Trinajstić information content (AvgIpc) is 2.66. The predicted molar refractivity (Wildman–Crippen MR) is 110 cm³/mol. The molecule has 5 nitrogen and oxygen atoms in total. The topological polar surface area (TPSA) is 61.4 Å². The van der Waals surface area contributed by atoms with Crippen molar-refractivity contribution in [1.82, 2.24) is 10.2 Å². The van der Waals surface area contributed by atoms with Gasteiger partial charge in [0.15, 0.2) is 0 Å². The van der Waals surface area contributed by atoms with Crippen molar-refractivity contribution in [2.45, 2.75) is 26.3 Å². The molecule has 0 aromatic heterocycles. The fraction of sp³-hybridized carbons (Fsp3) is 0.333. The Hall–Kier alpha value is -2.37. The van der Waals surface area contributed by atoms with E-state index in [2.05, 4.69) is 17.6 Å². The maximum Gasteiger partial charge on any atom is 0.238 e. The Bertz CT molecular complexity index is 780. The number of benzene rings is 2. The lowest BCUT2D eigenvalue weighted by Crippen LogP contribution is -2.34. The number of para-hydroxylation sites is 1. The predicted octanol–water partition coefficient (Wildman–Crippen LogP) is 3.48. The Morgan fingerprint density at radius 2 is 1.67 bits per heavy atom. The number of rotatable bonds is 9. The number of nitrogens with zero attached hydrogens (tertiary/aromatic N) is 1. The van der Waals surface area contributed by atoms with Crippen LogP contribution in [-0.2, 0) is 22.6 Å². The van der Waals surface area contributed by atoms with Crippen molar-refractivity contribution in [2.24, 2.45) is 0 Å². The first-order chi connectivity index (χ1) is 13.0. The number of hydrogen-bond acceptors (Lipinski definition) is 3. The quantitative estimate of drug-likeness (QED) is 0.692. The van der Waals surface area contributed by atoms with Crippen LogP contribution in [0.2, 0.25) is 5.02 Å². The minimum Gasteiger partial charge on any atom is -0.352 e. The molecule has 2 N–H and O–H groups in total. The van der Waals surface area contributed by atoms with Crippen LogP contribution in [0.3, 0.4) is 0 Å². The summed E-state index contributed by atoms with van der Waals surface area (Å²) >= 11 is 6.08. The van der Waals surface area contributed by atoms with Crippen molar-refractivity contribution in [3.8, 4) is 0 Å². The molecule has 0 aliphatic heterocycles. The third-order valence-electron chi connectivity index (χ3n) is 4.24. The van der Waals surface area contributed by atoms with Crippen molar-refractivity contribution >= 4 is 29.1 Å². The lowest BCUT2D eigenvalue weighted by molar-refractivity contribution is -0.122. The Labute approximate surface area is 165 Å². The summed E-state index contributed by atoms with van der Waals surface area (Å²) in [5.41, 5.74) is 2.83. The molecule has 6 heteroatoms. The molecule has 144 valence electrons. The van der Waals surface area contributed by atoms with Crippen LogP contribution in [0.4, 0.5) is 5.69 Å². The number of anilines is 1. The van der Waals surface area contributed by atoms with E-state index in [1.54, 1.807) is 6.07 Å². The van der Waals surface area contributed by atoms with E-state index in [1.165, 1.54) is 0 Å². The van der Waals surface area contributed by atoms with Gasteiger partial charge in [0, 0.05) is 30.2 Å². The van der Waals surface area contributed by atoms with Gasteiger partial charge in [0.05, 0.1) is 6.54 Å². The third kappa shape index (κ3) is 7.04. The summed E-state index contributed by atoms with van der Waals surface area (Å²) < 4.78 is 0. The largest absolute Gasteiger partial charge is 0.352 e. The van der Waals surface area contributed by atoms with Gasteiger partial charge in [0.2, 0.25) is 11.8 Å². The van der Waals surface area contributed by atoms with Gasteiger partial charge in [-0.2, -0.15) is 0 Å². The number of aryl methyl sites for hydroxylation is 1. The Morgan fingerprint density at radius 3 is 2.37 bits per heavy atom. The highest BCUT2D eigenvalue weighted by Crippen LogP contribution is 2.15. The molecular weight excluding hydrogens is 362 g/mol. The molecule has 0 atom stereocenters. The molecule has 0 saturated carbocycles. The molecule has 0 unspecified atom stereocenters. The summed E-state index contributed by atoms with van der Waals surface area (Å²) in [6.45, 7) is 3.18. The van der Waals surface area contributed by atoms with Crippen molar-refractivity contribution in [2.75, 3.05) is 25.5 Å². The molecule has 2 aromatic carbocycles. The minimum absolute atomic E-state index is 0.0708. The first-order valence-electron chi connectivity index (χ1n) is 9.06. The van der Waals surface area contributed by atoms with E-state index in [0.717, 1.165) is 23.2 Å². The molecule has 2 amide bonds. The van der Waals surface area contributed by atoms with Crippen molar-refractivity contribution < 1.29 is 9.59 Å². The summed E-state index contributed by atoms with van der Waals surface area (Å²) in [6.07, 6.45) is 1.18. The first kappa shape index (κ1) is 20.9. The van der Waals surface area contributed by atoms with Crippen LogP contribution in [0.1, 0.15) is 24.5 Å². The number of hydrogen-bond donors (Lipinski definition) is 2. The van der Waals surface area contributed by atoms with Gasteiger partial charge in [-0.25, -0.2) is 0 Å². The monoisotopic (exact) mass is 387 g/mol. The second kappa shape index (κ2) is 10.7. The van der Waals surface area contributed by atoms with E-state index in [-0.39, 0.29) is 18.4 Å². The second-order valence-corrected chi connectivity index (χ2v) is 6.82. The Kier molecular flexibility index (Phi) is 8.30. The molecule has 0 saturated heterocycles. The Balaban J connectivity index is 1.72. The summed E-state index contributed by atoms with van der Waals surface area (Å²) in [4.78, 5) is 26.1. The van der Waals surface area contributed by atoms with Crippen molar-refractivity contribution in [3.63, 3.8) is 0 Å². The Morgan fingerprint density at radius 1 is 1.00 bits per heavy atom. The molecular formula is C21H26ClN3O2. The number of nitrogens with one attached hydrogen (secondary N) is 2. The first-order valence-corrected chi connectivity index (χ1v) is 9.43. The third-order valence-corrected chi connectivity index (χ3v) is 4.61. The van der Waals surface area contributed by atoms with Crippen LogP contribution in [-0.4, -0.2) is 36.9 Å². The second-order valence-electron chi connectivity index (χ2n) is 6.41. The van der Waals surface area contributed by atoms with Crippen LogP contribution in [0, 0.1) is 0 Å². The van der Waals surface area contributed by atoms with Gasteiger partial charge in [-0.1, -0.05) is 54.9 Å². The van der Waals surface area contributed by atoms with Gasteiger partial charge in [-0.3, -0.25) is 14.5 Å². The summed E-state index contributed by atoms with van der Waals surface area (Å²) in [5.74, 6) is -0.159. The smallest absolute Gasteiger partial charge is 0.238 e. The van der Waals surface area contributed by atoms with Crippen LogP contribution in [0.25, 0.3) is 0 Å². The molecule has 0 bridgehead atoms. The molecule has 0 fully saturated rings. The van der Waals surface area contributed by atoms with Gasteiger partial charge in [0.25, 0.3) is 0 Å². The molecule has 0 aliphatic carbocycles. The molecule has 0 aliphatic rings. The van der Waals surface area contributed by atoms with E-state index in [1.807, 2.05) is 54.4 Å². The minimum atomic E-state index is -0.0881. The maximum atomic E-state index is 12.2. The zero-order valence-electron chi connectivity index (χ0n) is 15.8. The molecule has 2 aromatic rings. The van der Waals surface area contributed by atoms with Crippen molar-refractivity contribution in [3.05, 3.63) is 64.7 Å². The van der Waals surface area contributed by atoms with Crippen LogP contribution in [0.5, 0.6) is 0 Å². The maximum absolute atomic E-state index is 12.2. The van der Waals surface area contributed by atoms with Crippen molar-refractivity contribution in [1.29, 1.82) is 0 Å². The van der Waals surface area contributed by atoms with Gasteiger partial charge in [-0.15, -0.1) is 0 Å². The number of carbonyl (C=O) groups is 2. The number of carbonyl (C=O) groups excluding carboxylic acids is 2. The van der Waals surface area contributed by atoms with Crippen LogP contribution in [0.15, 0.2) is 48.5 Å². The highest BCUT2D eigenvalue weighted by Gasteiger charge is 2.11. The average molecular weight is 388 g/mol. The van der Waals surface area contributed by atoms with E-state index in [9.17, 15) is 9.59 Å². The lowest BCUT2D eigenvalue weighted by Gasteiger charge is -2.17. The van der Waals surface area contributed by atoms with E-state index >= 15 is 0 Å². The molecule has 2 rings (SSSR count). The van der Waals surface area contributed by atoms with E-state index < -0.39 is 0 Å². The fourth-order valence-electron chi connectivity index (χ4n) is 2.68. The van der Waals surface area contributed by atoms with E-state index in [4.69, 9.17) is 11.6 Å². The van der Waals surface area contributed by atoms with Gasteiger partial charge in [-0.05, 0) is 36.7 Å². The zero-order chi connectivity index (χ0) is 19.6. The standard InChI is InChI=1S/C21H26ClN3O2/c1-3-16-8-5-7-11-19(16)24-21(27)15-25(2)13-12-20(26)23-14-17-9-4-6-10-18(17)22/h4-11H,3,12-15H2,1-2H3,(H,23,26)(H,24,27).